The number of ether oxygens (including phenoxy) is 1. The molecule has 108 valence electrons. The van der Waals surface area contributed by atoms with Crippen molar-refractivity contribution in [3.8, 4) is 5.75 Å². The van der Waals surface area contributed by atoms with Crippen LogP contribution in [0.4, 0.5) is 0 Å². The lowest BCUT2D eigenvalue weighted by atomic mass is 10.1. The fourth-order valence-electron chi connectivity index (χ4n) is 1.51. The summed E-state index contributed by atoms with van der Waals surface area (Å²) in [5, 5.41) is 12.5. The van der Waals surface area contributed by atoms with Crippen molar-refractivity contribution in [2.45, 2.75) is 18.9 Å². The highest BCUT2D eigenvalue weighted by molar-refractivity contribution is 5.85. The lowest BCUT2D eigenvalue weighted by molar-refractivity contribution is -0.121. The van der Waals surface area contributed by atoms with E-state index in [1.165, 1.54) is 0 Å². The fraction of sp³-hybridized carbons (Fsp3) is 0.462. The minimum atomic E-state index is -0.710. The highest BCUT2D eigenvalue weighted by Crippen LogP contribution is 2.16. The second kappa shape index (κ2) is 9.61. The standard InChI is InChI=1S/C13H20N2O3.ClH/c1-18-11-6-4-10(5-7-11)12(16)9-15-13(17)3-2-8-14;/h4-7,12,16H,2-3,8-9,14H2,1H3,(H,15,17);1H. The number of nitrogens with two attached hydrogens (primary N) is 1. The molecule has 1 amide bonds. The zero-order valence-electron chi connectivity index (χ0n) is 11.0. The summed E-state index contributed by atoms with van der Waals surface area (Å²) in [6, 6.07) is 7.09. The van der Waals surface area contributed by atoms with Crippen LogP contribution < -0.4 is 15.8 Å². The van der Waals surface area contributed by atoms with Gasteiger partial charge in [0.05, 0.1) is 13.2 Å². The normalized spacial score (nSPS) is 11.3. The van der Waals surface area contributed by atoms with Crippen molar-refractivity contribution in [1.29, 1.82) is 0 Å². The first kappa shape index (κ1) is 17.7. The van der Waals surface area contributed by atoms with Crippen LogP contribution in [0.3, 0.4) is 0 Å². The molecule has 1 aromatic rings. The molecule has 0 bridgehead atoms. The maximum absolute atomic E-state index is 11.3. The van der Waals surface area contributed by atoms with Gasteiger partial charge >= 0.3 is 0 Å². The van der Waals surface area contributed by atoms with Crippen LogP contribution in [-0.4, -0.2) is 31.2 Å². The number of nitrogens with one attached hydrogen (secondary N) is 1. The maximum Gasteiger partial charge on any atom is 0.220 e. The molecule has 0 fully saturated rings. The zero-order chi connectivity index (χ0) is 13.4. The monoisotopic (exact) mass is 288 g/mol. The van der Waals surface area contributed by atoms with E-state index >= 15 is 0 Å². The number of benzene rings is 1. The van der Waals surface area contributed by atoms with Crippen molar-refractivity contribution in [3.05, 3.63) is 29.8 Å². The average molecular weight is 289 g/mol. The van der Waals surface area contributed by atoms with Gasteiger partial charge in [0.15, 0.2) is 0 Å². The number of halogens is 1. The van der Waals surface area contributed by atoms with E-state index in [0.29, 0.717) is 19.4 Å². The van der Waals surface area contributed by atoms with E-state index in [2.05, 4.69) is 5.32 Å². The second-order valence-electron chi connectivity index (χ2n) is 3.99. The highest BCUT2D eigenvalue weighted by Gasteiger charge is 2.09. The first-order chi connectivity index (χ1) is 8.67. The molecule has 0 aliphatic carbocycles. The Hall–Kier alpha value is -1.30. The van der Waals surface area contributed by atoms with Gasteiger partial charge in [0, 0.05) is 13.0 Å². The minimum Gasteiger partial charge on any atom is -0.497 e. The molecule has 1 atom stereocenters. The molecule has 0 aliphatic heterocycles. The lowest BCUT2D eigenvalue weighted by Crippen LogP contribution is -2.28. The molecular weight excluding hydrogens is 268 g/mol. The van der Waals surface area contributed by atoms with E-state index in [-0.39, 0.29) is 24.9 Å². The third-order valence-corrected chi connectivity index (χ3v) is 2.60. The van der Waals surface area contributed by atoms with Gasteiger partial charge in [-0.2, -0.15) is 0 Å². The molecule has 0 saturated carbocycles. The predicted octanol–water partition coefficient (Wildman–Crippen LogP) is 1.01. The Morgan fingerprint density at radius 1 is 1.42 bits per heavy atom. The Labute approximate surface area is 119 Å². The quantitative estimate of drug-likeness (QED) is 0.699. The molecule has 1 aromatic carbocycles. The van der Waals surface area contributed by atoms with E-state index in [0.717, 1.165) is 11.3 Å². The van der Waals surface area contributed by atoms with Gasteiger partial charge in [0.2, 0.25) is 5.91 Å². The third kappa shape index (κ3) is 6.42. The summed E-state index contributed by atoms with van der Waals surface area (Å²) < 4.78 is 5.03. The predicted molar refractivity (Wildman–Crippen MR) is 76.5 cm³/mol. The van der Waals surface area contributed by atoms with Crippen molar-refractivity contribution in [2.75, 3.05) is 20.2 Å². The Kier molecular flexibility index (Phi) is 8.95. The number of hydrogen-bond acceptors (Lipinski definition) is 4. The number of carbonyl (C=O) groups is 1. The number of carbonyl (C=O) groups excluding carboxylic acids is 1. The van der Waals surface area contributed by atoms with Crippen molar-refractivity contribution < 1.29 is 14.6 Å². The summed E-state index contributed by atoms with van der Waals surface area (Å²) in [5.74, 6) is 0.644. The minimum absolute atomic E-state index is 0. The van der Waals surface area contributed by atoms with Crippen LogP contribution >= 0.6 is 12.4 Å². The van der Waals surface area contributed by atoms with Crippen LogP contribution in [0.2, 0.25) is 0 Å². The number of hydrogen-bond donors (Lipinski definition) is 3. The number of rotatable bonds is 7. The van der Waals surface area contributed by atoms with Crippen LogP contribution in [0.15, 0.2) is 24.3 Å². The van der Waals surface area contributed by atoms with Gasteiger partial charge in [0.1, 0.15) is 5.75 Å². The van der Waals surface area contributed by atoms with Gasteiger partial charge in [-0.3, -0.25) is 4.79 Å². The SMILES string of the molecule is COc1ccc(C(O)CNC(=O)CCCN)cc1.Cl. The molecule has 0 saturated heterocycles. The number of methoxy groups -OCH3 is 1. The van der Waals surface area contributed by atoms with Crippen LogP contribution in [0, 0.1) is 0 Å². The molecule has 6 heteroatoms. The van der Waals surface area contributed by atoms with Gasteiger partial charge in [-0.15, -0.1) is 12.4 Å². The van der Waals surface area contributed by atoms with E-state index < -0.39 is 6.10 Å². The van der Waals surface area contributed by atoms with Crippen LogP contribution in [0.5, 0.6) is 5.75 Å². The third-order valence-electron chi connectivity index (χ3n) is 2.60. The van der Waals surface area contributed by atoms with Gasteiger partial charge in [-0.25, -0.2) is 0 Å². The van der Waals surface area contributed by atoms with Gasteiger partial charge in [0.25, 0.3) is 0 Å². The number of amides is 1. The van der Waals surface area contributed by atoms with Gasteiger partial charge in [-0.1, -0.05) is 12.1 Å². The second-order valence-corrected chi connectivity index (χ2v) is 3.99. The Morgan fingerprint density at radius 2 is 2.05 bits per heavy atom. The van der Waals surface area contributed by atoms with E-state index in [1.807, 2.05) is 0 Å². The zero-order valence-corrected chi connectivity index (χ0v) is 11.8. The number of aliphatic hydroxyl groups excluding tert-OH is 1. The summed E-state index contributed by atoms with van der Waals surface area (Å²) in [7, 11) is 1.59. The van der Waals surface area contributed by atoms with Crippen molar-refractivity contribution in [1.82, 2.24) is 5.32 Å². The summed E-state index contributed by atoms with van der Waals surface area (Å²) >= 11 is 0. The highest BCUT2D eigenvalue weighted by atomic mass is 35.5. The summed E-state index contributed by atoms with van der Waals surface area (Å²) in [6.45, 7) is 0.699. The van der Waals surface area contributed by atoms with Crippen LogP contribution in [0.1, 0.15) is 24.5 Å². The summed E-state index contributed by atoms with van der Waals surface area (Å²) in [4.78, 5) is 11.3. The smallest absolute Gasteiger partial charge is 0.220 e. The summed E-state index contributed by atoms with van der Waals surface area (Å²) in [6.07, 6.45) is 0.341. The molecule has 19 heavy (non-hydrogen) atoms. The molecule has 1 rings (SSSR count). The molecule has 4 N–H and O–H groups in total. The van der Waals surface area contributed by atoms with Crippen LogP contribution in [0.25, 0.3) is 0 Å². The molecular formula is C13H21ClN2O3. The van der Waals surface area contributed by atoms with E-state index in [9.17, 15) is 9.90 Å². The van der Waals surface area contributed by atoms with Crippen molar-refractivity contribution in [3.63, 3.8) is 0 Å². The molecule has 0 spiro atoms. The number of aliphatic hydroxyl groups is 1. The van der Waals surface area contributed by atoms with Gasteiger partial charge < -0.3 is 20.9 Å². The Balaban J connectivity index is 0.00000324. The molecule has 0 aromatic heterocycles. The van der Waals surface area contributed by atoms with E-state index in [1.54, 1.807) is 31.4 Å². The topological polar surface area (TPSA) is 84.6 Å². The maximum atomic E-state index is 11.3. The molecule has 5 nitrogen and oxygen atoms in total. The van der Waals surface area contributed by atoms with E-state index in [4.69, 9.17) is 10.5 Å². The van der Waals surface area contributed by atoms with Crippen molar-refractivity contribution >= 4 is 18.3 Å². The van der Waals surface area contributed by atoms with Gasteiger partial charge in [-0.05, 0) is 30.7 Å². The fourth-order valence-corrected chi connectivity index (χ4v) is 1.51. The Bertz CT molecular complexity index is 371. The summed E-state index contributed by atoms with van der Waals surface area (Å²) in [5.41, 5.74) is 6.06. The van der Waals surface area contributed by atoms with Crippen molar-refractivity contribution in [2.24, 2.45) is 5.73 Å². The molecule has 1 unspecified atom stereocenters. The average Bonchev–Trinajstić information content (AvgIpc) is 2.42. The van der Waals surface area contributed by atoms with Crippen LogP contribution in [-0.2, 0) is 4.79 Å². The first-order valence-corrected chi connectivity index (χ1v) is 5.96. The molecule has 0 aliphatic rings. The Morgan fingerprint density at radius 3 is 2.58 bits per heavy atom. The largest absolute Gasteiger partial charge is 0.497 e. The molecule has 0 heterocycles. The lowest BCUT2D eigenvalue weighted by Gasteiger charge is -2.12. The molecule has 0 radical (unpaired) electrons. The first-order valence-electron chi connectivity index (χ1n) is 5.96.